The van der Waals surface area contributed by atoms with Crippen LogP contribution in [0.5, 0.6) is 5.75 Å². The van der Waals surface area contributed by atoms with E-state index in [4.69, 9.17) is 16.3 Å². The second-order valence-corrected chi connectivity index (χ2v) is 5.97. The Kier molecular flexibility index (Phi) is 5.27. The minimum absolute atomic E-state index is 0.468. The molecule has 0 aromatic heterocycles. The number of halogens is 1. The first-order chi connectivity index (χ1) is 10.0. The van der Waals surface area contributed by atoms with E-state index in [1.54, 1.807) is 7.11 Å². The Balaban J connectivity index is 2.43. The highest BCUT2D eigenvalue weighted by Gasteiger charge is 2.10. The topological polar surface area (TPSA) is 21.3 Å². The highest BCUT2D eigenvalue weighted by atomic mass is 35.5. The first kappa shape index (κ1) is 15.9. The fourth-order valence-corrected chi connectivity index (χ4v) is 2.45. The average molecular weight is 304 g/mol. The summed E-state index contributed by atoms with van der Waals surface area (Å²) in [5.74, 6) is 0.844. The molecule has 0 radical (unpaired) electrons. The third-order valence-corrected chi connectivity index (χ3v) is 3.70. The molecule has 0 unspecified atom stereocenters. The lowest BCUT2D eigenvalue weighted by atomic mass is 9.97. The smallest absolute Gasteiger partial charge is 0.126 e. The number of rotatable bonds is 5. The molecule has 2 aromatic rings. The van der Waals surface area contributed by atoms with Crippen LogP contribution in [0.2, 0.25) is 5.02 Å². The molecule has 1 N–H and O–H groups in total. The van der Waals surface area contributed by atoms with Crippen LogP contribution in [0.25, 0.3) is 11.1 Å². The molecule has 0 aliphatic rings. The van der Waals surface area contributed by atoms with Crippen LogP contribution >= 0.6 is 11.6 Å². The van der Waals surface area contributed by atoms with Gasteiger partial charge in [-0.05, 0) is 47.9 Å². The van der Waals surface area contributed by atoms with Gasteiger partial charge in [-0.25, -0.2) is 0 Å². The molecule has 0 amide bonds. The normalized spacial score (nSPS) is 11.0. The molecule has 0 saturated heterocycles. The van der Waals surface area contributed by atoms with Gasteiger partial charge in [-0.15, -0.1) is 0 Å². The fraction of sp³-hybridized carbons (Fsp3) is 0.333. The van der Waals surface area contributed by atoms with Gasteiger partial charge in [0.1, 0.15) is 5.75 Å². The predicted molar refractivity (Wildman–Crippen MR) is 90.2 cm³/mol. The molecule has 2 rings (SSSR count). The Morgan fingerprint density at radius 3 is 2.52 bits per heavy atom. The van der Waals surface area contributed by atoms with E-state index in [-0.39, 0.29) is 0 Å². The summed E-state index contributed by atoms with van der Waals surface area (Å²) in [6.07, 6.45) is 0. The molecule has 2 aromatic carbocycles. The number of aryl methyl sites for hydroxylation is 1. The summed E-state index contributed by atoms with van der Waals surface area (Å²) in [6.45, 7) is 7.26. The van der Waals surface area contributed by atoms with Gasteiger partial charge >= 0.3 is 0 Å². The average Bonchev–Trinajstić information content (AvgIpc) is 2.46. The van der Waals surface area contributed by atoms with E-state index in [0.29, 0.717) is 6.04 Å². The number of hydrogen-bond donors (Lipinski definition) is 1. The zero-order valence-corrected chi connectivity index (χ0v) is 13.8. The Bertz CT molecular complexity index is 623. The zero-order chi connectivity index (χ0) is 15.4. The largest absolute Gasteiger partial charge is 0.496 e. The highest BCUT2D eigenvalue weighted by molar-refractivity contribution is 6.31. The van der Waals surface area contributed by atoms with Crippen molar-refractivity contribution in [3.05, 3.63) is 52.5 Å². The standard InChI is InChI=1S/C18H22ClNO/c1-12(2)20-11-14-6-5-13(3)16(9-14)17-10-15(19)7-8-18(17)21-4/h5-10,12,20H,11H2,1-4H3. The Morgan fingerprint density at radius 2 is 1.86 bits per heavy atom. The van der Waals surface area contributed by atoms with Crippen molar-refractivity contribution in [3.8, 4) is 16.9 Å². The molecular formula is C18H22ClNO. The van der Waals surface area contributed by atoms with Gasteiger partial charge in [-0.1, -0.05) is 37.6 Å². The Morgan fingerprint density at radius 1 is 1.10 bits per heavy atom. The maximum absolute atomic E-state index is 6.15. The van der Waals surface area contributed by atoms with Crippen LogP contribution in [0.4, 0.5) is 0 Å². The van der Waals surface area contributed by atoms with Crippen molar-refractivity contribution in [3.63, 3.8) is 0 Å². The summed E-state index contributed by atoms with van der Waals surface area (Å²) < 4.78 is 5.47. The van der Waals surface area contributed by atoms with Gasteiger partial charge in [0.25, 0.3) is 0 Å². The number of hydrogen-bond acceptors (Lipinski definition) is 2. The molecule has 3 heteroatoms. The summed E-state index contributed by atoms with van der Waals surface area (Å²) >= 11 is 6.15. The van der Waals surface area contributed by atoms with Crippen LogP contribution in [0, 0.1) is 6.92 Å². The van der Waals surface area contributed by atoms with E-state index in [9.17, 15) is 0 Å². The van der Waals surface area contributed by atoms with Gasteiger partial charge in [-0.3, -0.25) is 0 Å². The van der Waals surface area contributed by atoms with Crippen molar-refractivity contribution in [2.75, 3.05) is 7.11 Å². The third kappa shape index (κ3) is 3.99. The van der Waals surface area contributed by atoms with Gasteiger partial charge < -0.3 is 10.1 Å². The minimum atomic E-state index is 0.468. The molecule has 0 saturated carbocycles. The van der Waals surface area contributed by atoms with E-state index in [1.165, 1.54) is 11.1 Å². The summed E-state index contributed by atoms with van der Waals surface area (Å²) in [7, 11) is 1.69. The number of benzene rings is 2. The molecule has 0 atom stereocenters. The van der Waals surface area contributed by atoms with Gasteiger partial charge in [0.05, 0.1) is 7.11 Å². The summed E-state index contributed by atoms with van der Waals surface area (Å²) in [6, 6.07) is 12.7. The fourth-order valence-electron chi connectivity index (χ4n) is 2.28. The second kappa shape index (κ2) is 6.97. The molecule has 0 aliphatic heterocycles. The van der Waals surface area contributed by atoms with Gasteiger partial charge in [-0.2, -0.15) is 0 Å². The molecule has 2 nitrogen and oxygen atoms in total. The molecule has 0 bridgehead atoms. The Labute approximate surface area is 132 Å². The maximum Gasteiger partial charge on any atom is 0.126 e. The second-order valence-electron chi connectivity index (χ2n) is 5.53. The van der Waals surface area contributed by atoms with Gasteiger partial charge in [0.15, 0.2) is 0 Å². The summed E-state index contributed by atoms with van der Waals surface area (Å²) in [4.78, 5) is 0. The minimum Gasteiger partial charge on any atom is -0.496 e. The molecule has 0 fully saturated rings. The van der Waals surface area contributed by atoms with Gasteiger partial charge in [0.2, 0.25) is 0 Å². The predicted octanol–water partition coefficient (Wildman–Crippen LogP) is 4.82. The molecule has 0 spiro atoms. The number of nitrogens with one attached hydrogen (secondary N) is 1. The summed E-state index contributed by atoms with van der Waals surface area (Å²) in [5.41, 5.74) is 4.67. The SMILES string of the molecule is COc1ccc(Cl)cc1-c1cc(CNC(C)C)ccc1C. The van der Waals surface area contributed by atoms with Crippen LogP contribution in [0.1, 0.15) is 25.0 Å². The van der Waals surface area contributed by atoms with E-state index in [0.717, 1.165) is 28.4 Å². The quantitative estimate of drug-likeness (QED) is 0.855. The van der Waals surface area contributed by atoms with Crippen LogP contribution in [-0.2, 0) is 6.54 Å². The van der Waals surface area contributed by atoms with Crippen molar-refractivity contribution >= 4 is 11.6 Å². The van der Waals surface area contributed by atoms with Crippen LogP contribution in [0.3, 0.4) is 0 Å². The molecular weight excluding hydrogens is 282 g/mol. The van der Waals surface area contributed by atoms with Crippen LogP contribution < -0.4 is 10.1 Å². The first-order valence-corrected chi connectivity index (χ1v) is 7.56. The zero-order valence-electron chi connectivity index (χ0n) is 13.0. The lowest BCUT2D eigenvalue weighted by Gasteiger charge is -2.14. The van der Waals surface area contributed by atoms with Crippen molar-refractivity contribution in [1.82, 2.24) is 5.32 Å². The molecule has 21 heavy (non-hydrogen) atoms. The van der Waals surface area contributed by atoms with E-state index >= 15 is 0 Å². The van der Waals surface area contributed by atoms with Crippen molar-refractivity contribution in [1.29, 1.82) is 0 Å². The molecule has 0 aliphatic carbocycles. The van der Waals surface area contributed by atoms with Crippen LogP contribution in [-0.4, -0.2) is 13.2 Å². The van der Waals surface area contributed by atoms with Crippen molar-refractivity contribution < 1.29 is 4.74 Å². The van der Waals surface area contributed by atoms with Crippen LogP contribution in [0.15, 0.2) is 36.4 Å². The van der Waals surface area contributed by atoms with Gasteiger partial charge in [0, 0.05) is 23.2 Å². The van der Waals surface area contributed by atoms with E-state index < -0.39 is 0 Å². The molecule has 0 heterocycles. The van der Waals surface area contributed by atoms with E-state index in [1.807, 2.05) is 18.2 Å². The Hall–Kier alpha value is -1.51. The highest BCUT2D eigenvalue weighted by Crippen LogP contribution is 2.34. The van der Waals surface area contributed by atoms with Crippen molar-refractivity contribution in [2.24, 2.45) is 0 Å². The monoisotopic (exact) mass is 303 g/mol. The lowest BCUT2D eigenvalue weighted by molar-refractivity contribution is 0.416. The van der Waals surface area contributed by atoms with E-state index in [2.05, 4.69) is 44.3 Å². The first-order valence-electron chi connectivity index (χ1n) is 7.18. The van der Waals surface area contributed by atoms with Crippen molar-refractivity contribution in [2.45, 2.75) is 33.4 Å². The third-order valence-electron chi connectivity index (χ3n) is 3.47. The maximum atomic E-state index is 6.15. The number of methoxy groups -OCH3 is 1. The number of ether oxygens (including phenoxy) is 1. The molecule has 112 valence electrons. The lowest BCUT2D eigenvalue weighted by Crippen LogP contribution is -2.21. The summed E-state index contributed by atoms with van der Waals surface area (Å²) in [5, 5.41) is 4.16.